The van der Waals surface area contributed by atoms with Gasteiger partial charge in [-0.3, -0.25) is 0 Å². The van der Waals surface area contributed by atoms with Gasteiger partial charge in [-0.2, -0.15) is 0 Å². The lowest BCUT2D eigenvalue weighted by atomic mass is 10.1. The van der Waals surface area contributed by atoms with Crippen LogP contribution < -0.4 is 5.73 Å². The molecule has 1 atom stereocenters. The molecule has 66 valence electrons. The molecule has 1 aliphatic carbocycles. The van der Waals surface area contributed by atoms with Gasteiger partial charge in [-0.15, -0.1) is 0 Å². The van der Waals surface area contributed by atoms with Gasteiger partial charge in [0.1, 0.15) is 0 Å². The zero-order chi connectivity index (χ0) is 8.27. The first kappa shape index (κ1) is 9.01. The first-order valence-corrected chi connectivity index (χ1v) is 4.53. The van der Waals surface area contributed by atoms with E-state index in [9.17, 15) is 0 Å². The van der Waals surface area contributed by atoms with Crippen molar-refractivity contribution < 1.29 is 4.74 Å². The number of nitrogens with two attached hydrogens (primary N) is 1. The molecule has 1 rings (SSSR count). The van der Waals surface area contributed by atoms with Crippen LogP contribution in [0.5, 0.6) is 0 Å². The van der Waals surface area contributed by atoms with E-state index >= 15 is 0 Å². The van der Waals surface area contributed by atoms with Gasteiger partial charge in [0, 0.05) is 12.6 Å². The summed E-state index contributed by atoms with van der Waals surface area (Å²) in [5, 5.41) is 0. The van der Waals surface area contributed by atoms with Gasteiger partial charge in [0.05, 0.1) is 6.61 Å². The van der Waals surface area contributed by atoms with E-state index in [1.54, 1.807) is 0 Å². The number of hydrogen-bond acceptors (Lipinski definition) is 2. The smallest absolute Gasteiger partial charge is 0.0620 e. The highest BCUT2D eigenvalue weighted by molar-refractivity contribution is 4.73. The van der Waals surface area contributed by atoms with E-state index in [0.717, 1.165) is 19.1 Å². The zero-order valence-electron chi connectivity index (χ0n) is 7.55. The largest absolute Gasteiger partial charge is 0.380 e. The van der Waals surface area contributed by atoms with Gasteiger partial charge in [0.2, 0.25) is 0 Å². The predicted molar refractivity (Wildman–Crippen MR) is 46.4 cm³/mol. The molecule has 0 bridgehead atoms. The van der Waals surface area contributed by atoms with Crippen LogP contribution in [-0.2, 0) is 4.74 Å². The molecule has 1 saturated carbocycles. The molecule has 0 radical (unpaired) electrons. The van der Waals surface area contributed by atoms with Crippen LogP contribution in [-0.4, -0.2) is 19.3 Å². The van der Waals surface area contributed by atoms with Crippen molar-refractivity contribution >= 4 is 0 Å². The van der Waals surface area contributed by atoms with E-state index in [2.05, 4.69) is 13.8 Å². The zero-order valence-corrected chi connectivity index (χ0v) is 7.55. The number of ether oxygens (including phenoxy) is 1. The molecule has 2 heteroatoms. The molecule has 0 amide bonds. The van der Waals surface area contributed by atoms with Crippen LogP contribution in [0.1, 0.15) is 26.7 Å². The van der Waals surface area contributed by atoms with Gasteiger partial charge >= 0.3 is 0 Å². The predicted octanol–water partition coefficient (Wildman–Crippen LogP) is 1.40. The molecule has 0 saturated heterocycles. The van der Waals surface area contributed by atoms with Crippen LogP contribution in [0.4, 0.5) is 0 Å². The van der Waals surface area contributed by atoms with Crippen LogP contribution in [0.15, 0.2) is 0 Å². The van der Waals surface area contributed by atoms with E-state index in [0.29, 0.717) is 5.92 Å². The maximum Gasteiger partial charge on any atom is 0.0620 e. The van der Waals surface area contributed by atoms with E-state index < -0.39 is 0 Å². The fraction of sp³-hybridized carbons (Fsp3) is 1.00. The Morgan fingerprint density at radius 3 is 2.55 bits per heavy atom. The first-order chi connectivity index (χ1) is 5.20. The fourth-order valence-electron chi connectivity index (χ4n) is 0.848. The third-order valence-corrected chi connectivity index (χ3v) is 2.22. The minimum absolute atomic E-state index is 0.216. The van der Waals surface area contributed by atoms with Crippen molar-refractivity contribution in [2.75, 3.05) is 13.2 Å². The minimum Gasteiger partial charge on any atom is -0.380 e. The second kappa shape index (κ2) is 4.07. The lowest BCUT2D eigenvalue weighted by Gasteiger charge is -2.15. The van der Waals surface area contributed by atoms with Crippen molar-refractivity contribution in [1.82, 2.24) is 0 Å². The van der Waals surface area contributed by atoms with Crippen molar-refractivity contribution in [2.24, 2.45) is 17.6 Å². The summed E-state index contributed by atoms with van der Waals surface area (Å²) >= 11 is 0. The minimum atomic E-state index is 0.216. The highest BCUT2D eigenvalue weighted by Gasteiger charge is 2.21. The van der Waals surface area contributed by atoms with Gasteiger partial charge in [0.15, 0.2) is 0 Å². The summed E-state index contributed by atoms with van der Waals surface area (Å²) in [7, 11) is 0. The molecule has 2 nitrogen and oxygen atoms in total. The molecule has 0 spiro atoms. The van der Waals surface area contributed by atoms with E-state index in [1.807, 2.05) is 0 Å². The maximum atomic E-state index is 5.80. The number of rotatable bonds is 5. The van der Waals surface area contributed by atoms with Gasteiger partial charge in [-0.1, -0.05) is 13.8 Å². The average Bonchev–Trinajstić information content (AvgIpc) is 2.71. The molecule has 0 aromatic heterocycles. The second-order valence-electron chi connectivity index (χ2n) is 3.89. The van der Waals surface area contributed by atoms with Gasteiger partial charge < -0.3 is 10.5 Å². The summed E-state index contributed by atoms with van der Waals surface area (Å²) in [6.45, 7) is 5.92. The molecular formula is C9H19NO. The van der Waals surface area contributed by atoms with Crippen molar-refractivity contribution in [1.29, 1.82) is 0 Å². The molecule has 0 aromatic carbocycles. The Morgan fingerprint density at radius 1 is 1.45 bits per heavy atom. The van der Waals surface area contributed by atoms with Crippen molar-refractivity contribution in [3.8, 4) is 0 Å². The van der Waals surface area contributed by atoms with Crippen LogP contribution in [0, 0.1) is 11.8 Å². The molecule has 11 heavy (non-hydrogen) atoms. The number of hydrogen-bond donors (Lipinski definition) is 1. The van der Waals surface area contributed by atoms with Gasteiger partial charge in [-0.25, -0.2) is 0 Å². The molecule has 1 fully saturated rings. The molecule has 1 aliphatic rings. The highest BCUT2D eigenvalue weighted by Crippen LogP contribution is 2.28. The standard InChI is InChI=1S/C9H19NO/c1-7(2)9(10)6-11-5-8-3-4-8/h7-9H,3-6,10H2,1-2H3. The molecule has 0 aromatic rings. The van der Waals surface area contributed by atoms with Crippen LogP contribution in [0.3, 0.4) is 0 Å². The molecule has 0 aliphatic heterocycles. The van der Waals surface area contributed by atoms with E-state index in [-0.39, 0.29) is 6.04 Å². The highest BCUT2D eigenvalue weighted by atomic mass is 16.5. The van der Waals surface area contributed by atoms with Crippen LogP contribution in [0.2, 0.25) is 0 Å². The Morgan fingerprint density at radius 2 is 2.09 bits per heavy atom. The fourth-order valence-corrected chi connectivity index (χ4v) is 0.848. The lowest BCUT2D eigenvalue weighted by Crippen LogP contribution is -2.31. The molecular weight excluding hydrogens is 138 g/mol. The Labute approximate surface area is 69.1 Å². The van der Waals surface area contributed by atoms with Gasteiger partial charge in [0.25, 0.3) is 0 Å². The lowest BCUT2D eigenvalue weighted by molar-refractivity contribution is 0.101. The van der Waals surface area contributed by atoms with E-state index in [4.69, 9.17) is 10.5 Å². The summed E-state index contributed by atoms with van der Waals surface area (Å²) in [5.41, 5.74) is 5.80. The van der Waals surface area contributed by atoms with Crippen LogP contribution >= 0.6 is 0 Å². The topological polar surface area (TPSA) is 35.2 Å². The maximum absolute atomic E-state index is 5.80. The summed E-state index contributed by atoms with van der Waals surface area (Å²) in [6.07, 6.45) is 2.72. The summed E-state index contributed by atoms with van der Waals surface area (Å²) in [6, 6.07) is 0.216. The molecule has 2 N–H and O–H groups in total. The van der Waals surface area contributed by atoms with Crippen molar-refractivity contribution in [3.05, 3.63) is 0 Å². The van der Waals surface area contributed by atoms with Crippen molar-refractivity contribution in [2.45, 2.75) is 32.7 Å². The average molecular weight is 157 g/mol. The van der Waals surface area contributed by atoms with Crippen molar-refractivity contribution in [3.63, 3.8) is 0 Å². The Balaban J connectivity index is 1.92. The summed E-state index contributed by atoms with van der Waals surface area (Å²) < 4.78 is 5.46. The Kier molecular flexibility index (Phi) is 3.34. The normalized spacial score (nSPS) is 20.7. The summed E-state index contributed by atoms with van der Waals surface area (Å²) in [4.78, 5) is 0. The monoisotopic (exact) mass is 157 g/mol. The quantitative estimate of drug-likeness (QED) is 0.654. The third-order valence-electron chi connectivity index (χ3n) is 2.22. The molecule has 0 heterocycles. The Hall–Kier alpha value is -0.0800. The van der Waals surface area contributed by atoms with Crippen LogP contribution in [0.25, 0.3) is 0 Å². The van der Waals surface area contributed by atoms with E-state index in [1.165, 1.54) is 12.8 Å². The first-order valence-electron chi connectivity index (χ1n) is 4.53. The Bertz CT molecular complexity index is 110. The SMILES string of the molecule is CC(C)C(N)COCC1CC1. The molecule has 1 unspecified atom stereocenters. The second-order valence-corrected chi connectivity index (χ2v) is 3.89. The third kappa shape index (κ3) is 3.73. The van der Waals surface area contributed by atoms with Gasteiger partial charge in [-0.05, 0) is 24.7 Å². The summed E-state index contributed by atoms with van der Waals surface area (Å²) in [5.74, 6) is 1.39.